The summed E-state index contributed by atoms with van der Waals surface area (Å²) in [5.74, 6) is 0. The van der Waals surface area contributed by atoms with E-state index in [0.717, 1.165) is 0 Å². The molecule has 0 aliphatic heterocycles. The molecule has 0 aliphatic carbocycles. The number of fused-ring (bicyclic) bond motifs is 1. The summed E-state index contributed by atoms with van der Waals surface area (Å²) in [7, 11) is 0. The SMILES string of the molecule is O=c1cc(-c2ccc(Cl)cc2Cl)nc2cc[nH]n12. The van der Waals surface area contributed by atoms with Crippen LogP contribution in [0.3, 0.4) is 0 Å². The molecule has 6 heteroatoms. The molecule has 4 nitrogen and oxygen atoms in total. The Kier molecular flexibility index (Phi) is 2.61. The normalized spacial score (nSPS) is 11.0. The highest BCUT2D eigenvalue weighted by Crippen LogP contribution is 2.28. The van der Waals surface area contributed by atoms with E-state index in [2.05, 4.69) is 10.1 Å². The van der Waals surface area contributed by atoms with Crippen LogP contribution in [0.4, 0.5) is 0 Å². The van der Waals surface area contributed by atoms with Crippen molar-refractivity contribution in [2.75, 3.05) is 0 Å². The van der Waals surface area contributed by atoms with E-state index in [0.29, 0.717) is 26.9 Å². The second-order valence-corrected chi connectivity index (χ2v) is 4.60. The van der Waals surface area contributed by atoms with Gasteiger partial charge in [0.05, 0.1) is 10.7 Å². The fourth-order valence-electron chi connectivity index (χ4n) is 1.76. The topological polar surface area (TPSA) is 50.2 Å². The van der Waals surface area contributed by atoms with E-state index in [-0.39, 0.29) is 5.56 Å². The summed E-state index contributed by atoms with van der Waals surface area (Å²) in [6.45, 7) is 0. The Bertz CT molecular complexity index is 791. The molecule has 18 heavy (non-hydrogen) atoms. The summed E-state index contributed by atoms with van der Waals surface area (Å²) < 4.78 is 1.35. The molecule has 1 aromatic carbocycles. The van der Waals surface area contributed by atoms with Gasteiger partial charge < -0.3 is 0 Å². The third-order valence-corrected chi connectivity index (χ3v) is 3.14. The minimum atomic E-state index is -0.189. The predicted octanol–water partition coefficient (Wildman–Crippen LogP) is 3.00. The molecule has 0 fully saturated rings. The molecule has 0 unspecified atom stereocenters. The van der Waals surface area contributed by atoms with Crippen LogP contribution in [0.5, 0.6) is 0 Å². The largest absolute Gasteiger partial charge is 0.297 e. The quantitative estimate of drug-likeness (QED) is 0.745. The van der Waals surface area contributed by atoms with E-state index in [1.54, 1.807) is 30.5 Å². The molecule has 3 rings (SSSR count). The Labute approximate surface area is 112 Å². The van der Waals surface area contributed by atoms with Crippen molar-refractivity contribution in [3.63, 3.8) is 0 Å². The zero-order valence-corrected chi connectivity index (χ0v) is 10.5. The van der Waals surface area contributed by atoms with Crippen molar-refractivity contribution in [1.82, 2.24) is 14.6 Å². The summed E-state index contributed by atoms with van der Waals surface area (Å²) in [6, 6.07) is 8.23. The molecule has 0 radical (unpaired) electrons. The molecule has 0 saturated heterocycles. The van der Waals surface area contributed by atoms with Gasteiger partial charge in [-0.1, -0.05) is 23.2 Å². The Morgan fingerprint density at radius 2 is 2.00 bits per heavy atom. The second-order valence-electron chi connectivity index (χ2n) is 3.76. The van der Waals surface area contributed by atoms with Crippen LogP contribution in [0.15, 0.2) is 41.3 Å². The zero-order valence-electron chi connectivity index (χ0n) is 9.02. The van der Waals surface area contributed by atoms with E-state index in [4.69, 9.17) is 23.2 Å². The van der Waals surface area contributed by atoms with Crippen molar-refractivity contribution in [2.24, 2.45) is 0 Å². The fraction of sp³-hybridized carbons (Fsp3) is 0. The third-order valence-electron chi connectivity index (χ3n) is 2.59. The highest BCUT2D eigenvalue weighted by Gasteiger charge is 2.09. The summed E-state index contributed by atoms with van der Waals surface area (Å²) >= 11 is 11.9. The molecule has 0 bridgehead atoms. The van der Waals surface area contributed by atoms with Gasteiger partial charge in [0.15, 0.2) is 5.65 Å². The first-order valence-electron chi connectivity index (χ1n) is 5.18. The number of nitrogens with one attached hydrogen (secondary N) is 1. The van der Waals surface area contributed by atoms with Crippen LogP contribution >= 0.6 is 23.2 Å². The average molecular weight is 280 g/mol. The standard InChI is InChI=1S/C12H7Cl2N3O/c13-7-1-2-8(9(14)5-7)10-6-12(18)17-11(16-10)3-4-15-17/h1-6,15H. The van der Waals surface area contributed by atoms with Gasteiger partial charge in [-0.05, 0) is 18.2 Å². The maximum atomic E-state index is 11.8. The van der Waals surface area contributed by atoms with E-state index in [9.17, 15) is 4.79 Å². The van der Waals surface area contributed by atoms with Gasteiger partial charge in [-0.25, -0.2) is 9.50 Å². The van der Waals surface area contributed by atoms with Crippen LogP contribution in [0, 0.1) is 0 Å². The molecule has 1 N–H and O–H groups in total. The summed E-state index contributed by atoms with van der Waals surface area (Å²) in [5.41, 5.74) is 1.57. The van der Waals surface area contributed by atoms with Crippen molar-refractivity contribution in [2.45, 2.75) is 0 Å². The molecule has 3 aromatic rings. The zero-order chi connectivity index (χ0) is 12.7. The summed E-state index contributed by atoms with van der Waals surface area (Å²) in [6.07, 6.45) is 1.65. The number of aromatic nitrogens is 3. The maximum absolute atomic E-state index is 11.8. The summed E-state index contributed by atoms with van der Waals surface area (Å²) in [5, 5.41) is 3.79. The summed E-state index contributed by atoms with van der Waals surface area (Å²) in [4.78, 5) is 16.2. The number of rotatable bonds is 1. The Balaban J connectivity index is 2.28. The van der Waals surface area contributed by atoms with Gasteiger partial charge in [0.2, 0.25) is 0 Å². The van der Waals surface area contributed by atoms with E-state index >= 15 is 0 Å². The third kappa shape index (κ3) is 1.79. The molecule has 0 atom stereocenters. The highest BCUT2D eigenvalue weighted by atomic mass is 35.5. The van der Waals surface area contributed by atoms with Gasteiger partial charge in [-0.2, -0.15) is 0 Å². The molecule has 2 aromatic heterocycles. The molecular formula is C12H7Cl2N3O. The van der Waals surface area contributed by atoms with Crippen molar-refractivity contribution in [1.29, 1.82) is 0 Å². The molecule has 90 valence electrons. The number of hydrogen-bond donors (Lipinski definition) is 1. The maximum Gasteiger partial charge on any atom is 0.273 e. The lowest BCUT2D eigenvalue weighted by atomic mass is 10.1. The molecule has 0 aliphatic rings. The van der Waals surface area contributed by atoms with Crippen LogP contribution in [-0.4, -0.2) is 14.6 Å². The Hall–Kier alpha value is -1.78. The van der Waals surface area contributed by atoms with Gasteiger partial charge in [-0.15, -0.1) is 0 Å². The first-order chi connectivity index (χ1) is 8.65. The lowest BCUT2D eigenvalue weighted by Crippen LogP contribution is -2.14. The predicted molar refractivity (Wildman–Crippen MR) is 71.3 cm³/mol. The van der Waals surface area contributed by atoms with Crippen LogP contribution in [0.2, 0.25) is 10.0 Å². The van der Waals surface area contributed by atoms with E-state index in [1.165, 1.54) is 10.6 Å². The number of halogens is 2. The number of aromatic amines is 1. The van der Waals surface area contributed by atoms with E-state index in [1.807, 2.05) is 0 Å². The van der Waals surface area contributed by atoms with Gasteiger partial charge in [0.25, 0.3) is 5.56 Å². The number of nitrogens with zero attached hydrogens (tertiary/aromatic N) is 2. The van der Waals surface area contributed by atoms with Crippen LogP contribution in [0.1, 0.15) is 0 Å². The minimum Gasteiger partial charge on any atom is -0.297 e. The molecular weight excluding hydrogens is 273 g/mol. The lowest BCUT2D eigenvalue weighted by Gasteiger charge is -2.04. The number of benzene rings is 1. The molecule has 0 amide bonds. The first-order valence-corrected chi connectivity index (χ1v) is 5.93. The van der Waals surface area contributed by atoms with E-state index < -0.39 is 0 Å². The number of hydrogen-bond acceptors (Lipinski definition) is 2. The Morgan fingerprint density at radius 3 is 2.78 bits per heavy atom. The van der Waals surface area contributed by atoms with Gasteiger partial charge in [0.1, 0.15) is 0 Å². The number of H-pyrrole nitrogens is 1. The fourth-order valence-corrected chi connectivity index (χ4v) is 2.27. The Morgan fingerprint density at radius 1 is 1.17 bits per heavy atom. The van der Waals surface area contributed by atoms with Crippen molar-refractivity contribution < 1.29 is 0 Å². The van der Waals surface area contributed by atoms with Gasteiger partial charge in [0, 0.05) is 28.9 Å². The van der Waals surface area contributed by atoms with Crippen LogP contribution < -0.4 is 5.56 Å². The highest BCUT2D eigenvalue weighted by molar-refractivity contribution is 6.36. The monoisotopic (exact) mass is 279 g/mol. The molecule has 0 saturated carbocycles. The van der Waals surface area contributed by atoms with Crippen molar-refractivity contribution >= 4 is 28.8 Å². The van der Waals surface area contributed by atoms with Crippen molar-refractivity contribution in [3.8, 4) is 11.3 Å². The van der Waals surface area contributed by atoms with Gasteiger partial charge in [-0.3, -0.25) is 9.89 Å². The van der Waals surface area contributed by atoms with Crippen LogP contribution in [-0.2, 0) is 0 Å². The second kappa shape index (κ2) is 4.15. The van der Waals surface area contributed by atoms with Crippen molar-refractivity contribution in [3.05, 3.63) is 56.9 Å². The first kappa shape index (κ1) is 11.3. The minimum absolute atomic E-state index is 0.189. The smallest absolute Gasteiger partial charge is 0.273 e. The molecule has 0 spiro atoms. The average Bonchev–Trinajstić information content (AvgIpc) is 2.77. The van der Waals surface area contributed by atoms with Gasteiger partial charge >= 0.3 is 0 Å². The molecule has 2 heterocycles. The van der Waals surface area contributed by atoms with Crippen LogP contribution in [0.25, 0.3) is 16.9 Å². The lowest BCUT2D eigenvalue weighted by molar-refractivity contribution is 0.901.